The van der Waals surface area contributed by atoms with Crippen molar-refractivity contribution >= 4 is 27.8 Å². The summed E-state index contributed by atoms with van der Waals surface area (Å²) in [6.07, 6.45) is 1.59. The number of rotatable bonds is 8. The van der Waals surface area contributed by atoms with Gasteiger partial charge in [0, 0.05) is 22.6 Å². The van der Waals surface area contributed by atoms with E-state index in [1.807, 2.05) is 65.0 Å². The van der Waals surface area contributed by atoms with Gasteiger partial charge in [-0.05, 0) is 88.6 Å². The highest BCUT2D eigenvalue weighted by Crippen LogP contribution is 2.28. The molecule has 0 saturated carbocycles. The summed E-state index contributed by atoms with van der Waals surface area (Å²) in [6, 6.07) is 22.3. The highest BCUT2D eigenvalue weighted by Gasteiger charge is 2.28. The van der Waals surface area contributed by atoms with Crippen molar-refractivity contribution < 1.29 is 13.2 Å². The highest BCUT2D eigenvalue weighted by atomic mass is 32.2. The molecule has 0 aliphatic carbocycles. The maximum absolute atomic E-state index is 13.7. The minimum atomic E-state index is -4.01. The lowest BCUT2D eigenvalue weighted by Gasteiger charge is -2.25. The molecule has 0 unspecified atom stereocenters. The summed E-state index contributed by atoms with van der Waals surface area (Å²) in [6.45, 7) is 11.3. The predicted molar refractivity (Wildman–Crippen MR) is 157 cm³/mol. The van der Waals surface area contributed by atoms with Gasteiger partial charge in [-0.15, -0.1) is 0 Å². The largest absolute Gasteiger partial charge is 0.318 e. The second-order valence-electron chi connectivity index (χ2n) is 9.86. The number of carbonyl (C=O) groups is 1. The molecule has 0 saturated heterocycles. The molecule has 0 spiro atoms. The van der Waals surface area contributed by atoms with Gasteiger partial charge in [-0.3, -0.25) is 9.10 Å². The minimum absolute atomic E-state index is 0.119. The third kappa shape index (κ3) is 5.96. The molecule has 4 aromatic rings. The Balaban J connectivity index is 1.59. The van der Waals surface area contributed by atoms with E-state index >= 15 is 0 Å². The van der Waals surface area contributed by atoms with E-state index in [1.54, 1.807) is 36.5 Å². The van der Waals surface area contributed by atoms with Gasteiger partial charge < -0.3 is 4.57 Å². The van der Waals surface area contributed by atoms with Gasteiger partial charge in [-0.1, -0.05) is 48.0 Å². The number of hydrogen-bond donors (Lipinski definition) is 1. The predicted octanol–water partition coefficient (Wildman–Crippen LogP) is 5.67. The number of nitrogens with one attached hydrogen (secondary N) is 1. The van der Waals surface area contributed by atoms with E-state index in [-0.39, 0.29) is 4.90 Å². The molecule has 0 aliphatic heterocycles. The van der Waals surface area contributed by atoms with Crippen LogP contribution in [0.25, 0.3) is 5.69 Å². The fraction of sp³-hybridized carbons (Fsp3) is 0.226. The molecule has 0 radical (unpaired) electrons. The lowest BCUT2D eigenvalue weighted by atomic mass is 10.1. The molecule has 4 rings (SSSR count). The lowest BCUT2D eigenvalue weighted by molar-refractivity contribution is -0.119. The lowest BCUT2D eigenvalue weighted by Crippen LogP contribution is -2.40. The summed E-state index contributed by atoms with van der Waals surface area (Å²) in [5.41, 5.74) is 10.7. The monoisotopic (exact) mass is 542 g/mol. The molecule has 1 aromatic heterocycles. The molecular weight excluding hydrogens is 508 g/mol. The summed E-state index contributed by atoms with van der Waals surface area (Å²) >= 11 is 0. The van der Waals surface area contributed by atoms with E-state index in [0.717, 1.165) is 49.2 Å². The van der Waals surface area contributed by atoms with Gasteiger partial charge in [0.05, 0.1) is 16.8 Å². The van der Waals surface area contributed by atoms with E-state index in [2.05, 4.69) is 34.2 Å². The van der Waals surface area contributed by atoms with Gasteiger partial charge in [-0.25, -0.2) is 13.8 Å². The Hall–Kier alpha value is -4.17. The quantitative estimate of drug-likeness (QED) is 0.230. The van der Waals surface area contributed by atoms with Crippen LogP contribution in [0.3, 0.4) is 0 Å². The molecule has 0 bridgehead atoms. The Morgan fingerprint density at radius 3 is 2.23 bits per heavy atom. The number of aromatic nitrogens is 1. The first kappa shape index (κ1) is 27.9. The summed E-state index contributed by atoms with van der Waals surface area (Å²) in [5, 5.41) is 4.17. The first-order valence-electron chi connectivity index (χ1n) is 12.7. The van der Waals surface area contributed by atoms with E-state index in [0.29, 0.717) is 5.69 Å². The topological polar surface area (TPSA) is 83.8 Å². The molecular formula is C31H34N4O3S. The summed E-state index contributed by atoms with van der Waals surface area (Å²) < 4.78 is 30.7. The molecule has 1 amide bonds. The smallest absolute Gasteiger partial charge is 0.264 e. The van der Waals surface area contributed by atoms with E-state index < -0.39 is 22.5 Å². The van der Waals surface area contributed by atoms with Crippen LogP contribution in [0, 0.1) is 41.5 Å². The summed E-state index contributed by atoms with van der Waals surface area (Å²) in [5.74, 6) is -0.546. The number of nitrogens with zero attached hydrogens (tertiary/aromatic N) is 3. The SMILES string of the molecule is Cc1ccc(S(=O)(=O)N(CC(=O)N/N=C\c2cc(C)n(-c3ccccc3C)c2C)c2cc(C)ccc2C)cc1. The third-order valence-electron chi connectivity index (χ3n) is 6.75. The Bertz CT molecular complexity index is 1650. The molecule has 1 heterocycles. The first-order chi connectivity index (χ1) is 18.5. The number of anilines is 1. The molecule has 3 aromatic carbocycles. The van der Waals surface area contributed by atoms with Crippen molar-refractivity contribution in [2.45, 2.75) is 46.4 Å². The van der Waals surface area contributed by atoms with Crippen molar-refractivity contribution in [3.63, 3.8) is 0 Å². The average Bonchev–Trinajstić information content (AvgIpc) is 3.17. The van der Waals surface area contributed by atoms with Crippen LogP contribution >= 0.6 is 0 Å². The number of sulfonamides is 1. The maximum atomic E-state index is 13.7. The fourth-order valence-electron chi connectivity index (χ4n) is 4.57. The van der Waals surface area contributed by atoms with Gasteiger partial charge in [0.1, 0.15) is 6.54 Å². The number of aryl methyl sites for hydroxylation is 5. The standard InChI is InChI=1S/C31H34N4O3S/c1-21-12-15-28(16-13-21)39(37,38)34(30-17-22(2)11-14-24(30)4)20-31(36)33-32-19-27-18-25(5)35(26(27)6)29-10-8-7-9-23(29)3/h7-19H,20H2,1-6H3,(H,33,36)/b32-19-. The fourth-order valence-corrected chi connectivity index (χ4v) is 6.05. The van der Waals surface area contributed by atoms with Crippen LogP contribution < -0.4 is 9.73 Å². The van der Waals surface area contributed by atoms with Crippen molar-refractivity contribution in [1.29, 1.82) is 0 Å². The first-order valence-corrected chi connectivity index (χ1v) is 14.2. The van der Waals surface area contributed by atoms with Crippen LogP contribution in [0.2, 0.25) is 0 Å². The number of hydrazone groups is 1. The molecule has 39 heavy (non-hydrogen) atoms. The zero-order chi connectivity index (χ0) is 28.3. The zero-order valence-corrected chi connectivity index (χ0v) is 24.0. The molecule has 0 fully saturated rings. The second kappa shape index (κ2) is 11.3. The van der Waals surface area contributed by atoms with Crippen molar-refractivity contribution in [2.75, 3.05) is 10.8 Å². The van der Waals surface area contributed by atoms with Gasteiger partial charge in [-0.2, -0.15) is 5.10 Å². The Labute approximate surface area is 230 Å². The Morgan fingerprint density at radius 1 is 0.872 bits per heavy atom. The average molecular weight is 543 g/mol. The van der Waals surface area contributed by atoms with Crippen LogP contribution in [0.15, 0.2) is 82.8 Å². The van der Waals surface area contributed by atoms with E-state index in [1.165, 1.54) is 0 Å². The number of benzene rings is 3. The van der Waals surface area contributed by atoms with Crippen molar-refractivity contribution in [3.8, 4) is 5.69 Å². The van der Waals surface area contributed by atoms with E-state index in [9.17, 15) is 13.2 Å². The molecule has 7 nitrogen and oxygen atoms in total. The molecule has 0 atom stereocenters. The number of amides is 1. The van der Waals surface area contributed by atoms with Gasteiger partial charge in [0.15, 0.2) is 0 Å². The highest BCUT2D eigenvalue weighted by molar-refractivity contribution is 7.92. The van der Waals surface area contributed by atoms with Crippen LogP contribution in [-0.4, -0.2) is 31.7 Å². The van der Waals surface area contributed by atoms with E-state index in [4.69, 9.17) is 0 Å². The van der Waals surface area contributed by atoms with Crippen LogP contribution in [0.5, 0.6) is 0 Å². The normalized spacial score (nSPS) is 11.6. The number of hydrogen-bond acceptors (Lipinski definition) is 4. The van der Waals surface area contributed by atoms with Crippen LogP contribution in [0.1, 0.15) is 39.2 Å². The Kier molecular flexibility index (Phi) is 8.06. The third-order valence-corrected chi connectivity index (χ3v) is 8.52. The zero-order valence-electron chi connectivity index (χ0n) is 23.2. The van der Waals surface area contributed by atoms with Gasteiger partial charge in [0.2, 0.25) is 0 Å². The van der Waals surface area contributed by atoms with Crippen molar-refractivity contribution in [1.82, 2.24) is 9.99 Å². The Morgan fingerprint density at radius 2 is 1.54 bits per heavy atom. The maximum Gasteiger partial charge on any atom is 0.264 e. The van der Waals surface area contributed by atoms with Crippen molar-refractivity contribution in [3.05, 3.63) is 112 Å². The summed E-state index contributed by atoms with van der Waals surface area (Å²) in [4.78, 5) is 13.2. The molecule has 0 aliphatic rings. The van der Waals surface area contributed by atoms with Crippen LogP contribution in [0.4, 0.5) is 5.69 Å². The number of para-hydroxylation sites is 1. The molecule has 202 valence electrons. The van der Waals surface area contributed by atoms with Crippen LogP contribution in [-0.2, 0) is 14.8 Å². The number of carbonyl (C=O) groups excluding carboxylic acids is 1. The van der Waals surface area contributed by atoms with Gasteiger partial charge in [0.25, 0.3) is 15.9 Å². The molecule has 8 heteroatoms. The minimum Gasteiger partial charge on any atom is -0.318 e. The summed E-state index contributed by atoms with van der Waals surface area (Å²) in [7, 11) is -4.01. The van der Waals surface area contributed by atoms with Crippen molar-refractivity contribution in [2.24, 2.45) is 5.10 Å². The molecule has 1 N–H and O–H groups in total. The van der Waals surface area contributed by atoms with Gasteiger partial charge >= 0.3 is 0 Å². The second-order valence-corrected chi connectivity index (χ2v) is 11.7.